The van der Waals surface area contributed by atoms with Crippen molar-refractivity contribution in [3.05, 3.63) is 5.53 Å². The summed E-state index contributed by atoms with van der Waals surface area (Å²) in [4.78, 5) is 2.47. The molecule has 0 bridgehead atoms. The maximum Gasteiger partial charge on any atom is 0.290 e. The second kappa shape index (κ2) is 3.40. The number of aliphatic hydroxyl groups is 1. The van der Waals surface area contributed by atoms with Crippen LogP contribution < -0.4 is 0 Å². The molecule has 6 heteroatoms. The minimum atomic E-state index is -1.83. The third kappa shape index (κ3) is 3.73. The molecule has 0 aliphatic rings. The van der Waals surface area contributed by atoms with Crippen molar-refractivity contribution >= 4 is 41.0 Å². The van der Waals surface area contributed by atoms with Gasteiger partial charge in [0.05, 0.1) is 0 Å². The summed E-state index contributed by atoms with van der Waals surface area (Å²) in [5, 5.41) is 8.68. The minimum Gasteiger partial charge on any atom is -0.378 e. The van der Waals surface area contributed by atoms with Crippen molar-refractivity contribution in [3.8, 4) is 0 Å². The Labute approximate surface area is 66.8 Å². The van der Waals surface area contributed by atoms with E-state index in [-0.39, 0.29) is 0 Å². The molecule has 0 saturated carbocycles. The van der Waals surface area contributed by atoms with Crippen LogP contribution >= 0.6 is 34.8 Å². The van der Waals surface area contributed by atoms with Gasteiger partial charge >= 0.3 is 0 Å². The van der Waals surface area contributed by atoms with Gasteiger partial charge in [0.2, 0.25) is 3.79 Å². The van der Waals surface area contributed by atoms with Crippen molar-refractivity contribution in [3.63, 3.8) is 0 Å². The largest absolute Gasteiger partial charge is 0.378 e. The van der Waals surface area contributed by atoms with Crippen molar-refractivity contribution in [2.45, 2.75) is 9.90 Å². The summed E-state index contributed by atoms with van der Waals surface area (Å²) in [6, 6.07) is 0. The van der Waals surface area contributed by atoms with E-state index < -0.39 is 9.90 Å². The first-order valence-corrected chi connectivity index (χ1v) is 3.04. The van der Waals surface area contributed by atoms with E-state index >= 15 is 0 Å². The molecule has 0 radical (unpaired) electrons. The molecule has 0 aliphatic heterocycles. The highest BCUT2D eigenvalue weighted by Gasteiger charge is 2.32. The van der Waals surface area contributed by atoms with E-state index in [0.717, 1.165) is 0 Å². The summed E-state index contributed by atoms with van der Waals surface area (Å²) in [5.74, 6) is 0. The number of hydrogen-bond donors (Lipinski definition) is 1. The Morgan fingerprint density at radius 2 is 2.00 bits per heavy atom. The van der Waals surface area contributed by atoms with Crippen LogP contribution in [-0.2, 0) is 0 Å². The summed E-state index contributed by atoms with van der Waals surface area (Å²) >= 11 is 15.4. The zero-order valence-electron chi connectivity index (χ0n) is 4.13. The van der Waals surface area contributed by atoms with Gasteiger partial charge in [-0.05, 0) is 0 Å². The lowest BCUT2D eigenvalue weighted by molar-refractivity contribution is -0.00985. The van der Waals surface area contributed by atoms with E-state index in [9.17, 15) is 0 Å². The number of halogens is 3. The maximum atomic E-state index is 8.68. The fourth-order valence-electron chi connectivity index (χ4n) is 0.148. The number of nitrogens with zero attached hydrogens (tertiary/aromatic N) is 2. The van der Waals surface area contributed by atoms with Gasteiger partial charge in [-0.15, -0.1) is 0 Å². The van der Waals surface area contributed by atoms with E-state index in [0.29, 0.717) is 6.21 Å². The molecule has 0 fully saturated rings. The zero-order chi connectivity index (χ0) is 7.49. The molecule has 1 unspecified atom stereocenters. The highest BCUT2D eigenvalue weighted by molar-refractivity contribution is 6.68. The molecule has 1 atom stereocenters. The average Bonchev–Trinajstić information content (AvgIpc) is 1.64. The Balaban J connectivity index is 4.03. The van der Waals surface area contributed by atoms with Crippen LogP contribution in [0.3, 0.4) is 0 Å². The standard InChI is InChI=1S/C3H3Cl3N2O/c4-3(5,6)2(9)1-8-7/h1-2,9H. The first-order valence-electron chi connectivity index (χ1n) is 1.91. The summed E-state index contributed by atoms with van der Waals surface area (Å²) in [7, 11) is 0. The molecule has 0 rings (SSSR count). The molecule has 0 aliphatic carbocycles. The zero-order valence-corrected chi connectivity index (χ0v) is 6.40. The molecular weight excluding hydrogens is 186 g/mol. The third-order valence-electron chi connectivity index (χ3n) is 0.543. The smallest absolute Gasteiger partial charge is 0.290 e. The van der Waals surface area contributed by atoms with Gasteiger partial charge in [0.1, 0.15) is 0 Å². The second-order valence-electron chi connectivity index (χ2n) is 1.25. The second-order valence-corrected chi connectivity index (χ2v) is 3.62. The molecule has 0 aromatic heterocycles. The lowest BCUT2D eigenvalue weighted by Gasteiger charge is -2.09. The van der Waals surface area contributed by atoms with E-state index in [1.165, 1.54) is 0 Å². The summed E-state index contributed by atoms with van der Waals surface area (Å²) in [6.07, 6.45) is -0.667. The van der Waals surface area contributed by atoms with Crippen LogP contribution in [0.25, 0.3) is 5.53 Å². The first kappa shape index (κ1) is 9.21. The molecule has 0 saturated heterocycles. The topological polar surface area (TPSA) is 56.6 Å². The number of alkyl halides is 3. The maximum absolute atomic E-state index is 8.68. The van der Waals surface area contributed by atoms with Crippen LogP contribution in [0.2, 0.25) is 0 Å². The lowest BCUT2D eigenvalue weighted by Crippen LogP contribution is -2.26. The Bertz CT molecular complexity index is 136. The van der Waals surface area contributed by atoms with Crippen molar-refractivity contribution in [1.29, 1.82) is 0 Å². The number of aliphatic hydroxyl groups excluding tert-OH is 1. The van der Waals surface area contributed by atoms with Gasteiger partial charge in [-0.1, -0.05) is 34.8 Å². The van der Waals surface area contributed by atoms with Gasteiger partial charge in [-0.3, -0.25) is 0 Å². The molecule has 52 valence electrons. The van der Waals surface area contributed by atoms with Crippen molar-refractivity contribution in [2.75, 3.05) is 0 Å². The molecular formula is C3H3Cl3N2O. The normalized spacial score (nSPS) is 14.2. The van der Waals surface area contributed by atoms with E-state index in [1.807, 2.05) is 0 Å². The summed E-state index contributed by atoms with van der Waals surface area (Å²) in [6.45, 7) is 0. The first-order chi connectivity index (χ1) is 3.98. The summed E-state index contributed by atoms with van der Waals surface area (Å²) in [5.41, 5.74) is 7.83. The van der Waals surface area contributed by atoms with Gasteiger partial charge in [0, 0.05) is 0 Å². The van der Waals surface area contributed by atoms with Gasteiger partial charge in [-0.25, -0.2) is 0 Å². The van der Waals surface area contributed by atoms with Crippen molar-refractivity contribution in [1.82, 2.24) is 0 Å². The Morgan fingerprint density at radius 3 is 2.11 bits per heavy atom. The third-order valence-corrected chi connectivity index (χ3v) is 1.21. The van der Waals surface area contributed by atoms with E-state index in [1.54, 1.807) is 0 Å². The van der Waals surface area contributed by atoms with Gasteiger partial charge in [0.15, 0.2) is 6.10 Å². The average molecular weight is 189 g/mol. The fourth-order valence-corrected chi connectivity index (χ4v) is 0.317. The molecule has 1 N–H and O–H groups in total. The Kier molecular flexibility index (Phi) is 3.48. The quantitative estimate of drug-likeness (QED) is 0.285. The predicted molar refractivity (Wildman–Crippen MR) is 36.0 cm³/mol. The van der Waals surface area contributed by atoms with Crippen LogP contribution in [0, 0.1) is 0 Å². The molecule has 0 aromatic rings. The minimum absolute atomic E-state index is 0.715. The van der Waals surface area contributed by atoms with Crippen LogP contribution in [0.1, 0.15) is 0 Å². The van der Waals surface area contributed by atoms with Crippen molar-refractivity contribution in [2.24, 2.45) is 0 Å². The Hall–Kier alpha value is 0.210. The van der Waals surface area contributed by atoms with Gasteiger partial charge in [-0.2, -0.15) is 4.79 Å². The van der Waals surface area contributed by atoms with E-state index in [4.69, 9.17) is 45.4 Å². The number of rotatable bonds is 1. The fraction of sp³-hybridized carbons (Fsp3) is 0.667. The monoisotopic (exact) mass is 188 g/mol. The molecule has 0 spiro atoms. The van der Waals surface area contributed by atoms with Crippen LogP contribution in [0.4, 0.5) is 0 Å². The highest BCUT2D eigenvalue weighted by atomic mass is 35.6. The van der Waals surface area contributed by atoms with E-state index in [2.05, 4.69) is 4.79 Å². The SMILES string of the molecule is [N-]=[N+]=CC(O)C(Cl)(Cl)Cl. The van der Waals surface area contributed by atoms with Gasteiger partial charge in [0.25, 0.3) is 6.21 Å². The molecule has 0 amide bonds. The molecule has 0 heterocycles. The molecule has 9 heavy (non-hydrogen) atoms. The Morgan fingerprint density at radius 1 is 1.56 bits per heavy atom. The predicted octanol–water partition coefficient (Wildman–Crippen LogP) is 1.02. The van der Waals surface area contributed by atoms with Crippen molar-refractivity contribution < 1.29 is 9.90 Å². The van der Waals surface area contributed by atoms with Crippen LogP contribution in [0.5, 0.6) is 0 Å². The molecule has 3 nitrogen and oxygen atoms in total. The number of hydrogen-bond acceptors (Lipinski definition) is 1. The highest BCUT2D eigenvalue weighted by Crippen LogP contribution is 2.28. The lowest BCUT2D eigenvalue weighted by atomic mass is 10.4. The van der Waals surface area contributed by atoms with Crippen LogP contribution in [0.15, 0.2) is 0 Å². The summed E-state index contributed by atoms with van der Waals surface area (Å²) < 4.78 is -1.83. The van der Waals surface area contributed by atoms with Gasteiger partial charge < -0.3 is 10.6 Å². The van der Waals surface area contributed by atoms with Crippen LogP contribution in [-0.4, -0.2) is 26.0 Å². The molecule has 0 aromatic carbocycles.